The van der Waals surface area contributed by atoms with Crippen molar-refractivity contribution in [3.63, 3.8) is 0 Å². The van der Waals surface area contributed by atoms with Crippen LogP contribution in [0, 0.1) is 0 Å². The number of halogens is 1. The van der Waals surface area contributed by atoms with E-state index in [-0.39, 0.29) is 13.2 Å². The minimum absolute atomic E-state index is 0.0393. The highest BCUT2D eigenvalue weighted by Gasteiger charge is 2.37. The molecule has 7 nitrogen and oxygen atoms in total. The number of benzene rings is 2. The van der Waals surface area contributed by atoms with Crippen molar-refractivity contribution in [2.75, 3.05) is 0 Å². The number of nitrogens with two attached hydrogens (primary N) is 1. The Kier molecular flexibility index (Phi) is 7.98. The van der Waals surface area contributed by atoms with Gasteiger partial charge in [-0.3, -0.25) is 9.59 Å². The number of rotatable bonds is 9. The first kappa shape index (κ1) is 21.9. The van der Waals surface area contributed by atoms with E-state index in [0.29, 0.717) is 5.56 Å². The van der Waals surface area contributed by atoms with Gasteiger partial charge >= 0.3 is 11.9 Å². The molecule has 0 fully saturated rings. The minimum atomic E-state index is -4.32. The molecule has 0 radical (unpaired) electrons. The second-order valence-electron chi connectivity index (χ2n) is 5.98. The fraction of sp³-hybridized carbons (Fsp3) is 0.263. The first-order valence-electron chi connectivity index (χ1n) is 8.36. The predicted octanol–water partition coefficient (Wildman–Crippen LogP) is 2.13. The SMILES string of the molecule is NC(C(=O)OCc1ccccc1)C(CC(=O)OCc1ccccc1)S(=O)(=O)Cl. The van der Waals surface area contributed by atoms with Crippen LogP contribution in [0.25, 0.3) is 0 Å². The van der Waals surface area contributed by atoms with Crippen molar-refractivity contribution in [3.8, 4) is 0 Å². The van der Waals surface area contributed by atoms with E-state index in [1.807, 2.05) is 6.07 Å². The van der Waals surface area contributed by atoms with Crippen molar-refractivity contribution in [1.82, 2.24) is 0 Å². The van der Waals surface area contributed by atoms with E-state index >= 15 is 0 Å². The van der Waals surface area contributed by atoms with Crippen LogP contribution in [0.2, 0.25) is 0 Å². The molecule has 150 valence electrons. The van der Waals surface area contributed by atoms with E-state index < -0.39 is 38.7 Å². The zero-order valence-corrected chi connectivity index (χ0v) is 16.4. The number of ether oxygens (including phenoxy) is 2. The minimum Gasteiger partial charge on any atom is -0.461 e. The van der Waals surface area contributed by atoms with Gasteiger partial charge in [0, 0.05) is 10.7 Å². The summed E-state index contributed by atoms with van der Waals surface area (Å²) >= 11 is 0. The Morgan fingerprint density at radius 3 is 1.82 bits per heavy atom. The van der Waals surface area contributed by atoms with Gasteiger partial charge in [-0.15, -0.1) is 0 Å². The fourth-order valence-corrected chi connectivity index (χ4v) is 3.66. The third kappa shape index (κ3) is 6.95. The lowest BCUT2D eigenvalue weighted by atomic mass is 10.1. The number of esters is 2. The summed E-state index contributed by atoms with van der Waals surface area (Å²) < 4.78 is 33.7. The third-order valence-electron chi connectivity index (χ3n) is 3.87. The summed E-state index contributed by atoms with van der Waals surface area (Å²) in [5.41, 5.74) is 7.16. The van der Waals surface area contributed by atoms with Crippen LogP contribution in [-0.2, 0) is 41.3 Å². The maximum atomic E-state index is 12.1. The molecule has 2 N–H and O–H groups in total. The van der Waals surface area contributed by atoms with Crippen LogP contribution in [0.5, 0.6) is 0 Å². The monoisotopic (exact) mass is 425 g/mol. The van der Waals surface area contributed by atoms with Crippen molar-refractivity contribution in [2.45, 2.75) is 30.9 Å². The molecular weight excluding hydrogens is 406 g/mol. The van der Waals surface area contributed by atoms with Crippen molar-refractivity contribution >= 4 is 31.7 Å². The van der Waals surface area contributed by atoms with Gasteiger partial charge in [-0.2, -0.15) is 0 Å². The lowest BCUT2D eigenvalue weighted by Gasteiger charge is -2.19. The lowest BCUT2D eigenvalue weighted by Crippen LogP contribution is -2.46. The molecular formula is C19H20ClNO6S. The highest BCUT2D eigenvalue weighted by molar-refractivity contribution is 8.14. The molecule has 0 aromatic heterocycles. The van der Waals surface area contributed by atoms with Crippen LogP contribution in [-0.4, -0.2) is 31.6 Å². The number of hydrogen-bond acceptors (Lipinski definition) is 7. The summed E-state index contributed by atoms with van der Waals surface area (Å²) in [7, 11) is 1.07. The van der Waals surface area contributed by atoms with Gasteiger partial charge in [-0.25, -0.2) is 8.42 Å². The quantitative estimate of drug-likeness (QED) is 0.483. The Balaban J connectivity index is 1.95. The van der Waals surface area contributed by atoms with E-state index in [1.54, 1.807) is 54.6 Å². The molecule has 0 amide bonds. The van der Waals surface area contributed by atoms with Gasteiger partial charge in [0.05, 0.1) is 6.42 Å². The van der Waals surface area contributed by atoms with Gasteiger partial charge in [0.25, 0.3) is 0 Å². The first-order valence-corrected chi connectivity index (χ1v) is 10.7. The molecule has 0 bridgehead atoms. The summed E-state index contributed by atoms with van der Waals surface area (Å²) in [4.78, 5) is 24.2. The number of hydrogen-bond donors (Lipinski definition) is 1. The second-order valence-corrected chi connectivity index (χ2v) is 8.83. The summed E-state index contributed by atoms with van der Waals surface area (Å²) in [6, 6.07) is 16.0. The van der Waals surface area contributed by atoms with Crippen LogP contribution in [0.4, 0.5) is 0 Å². The molecule has 2 aromatic rings. The van der Waals surface area contributed by atoms with Gasteiger partial charge in [0.1, 0.15) is 24.5 Å². The average molecular weight is 426 g/mol. The van der Waals surface area contributed by atoms with Crippen LogP contribution in [0.15, 0.2) is 60.7 Å². The van der Waals surface area contributed by atoms with E-state index in [1.165, 1.54) is 0 Å². The summed E-state index contributed by atoms with van der Waals surface area (Å²) in [5.74, 6) is -1.82. The Morgan fingerprint density at radius 1 is 0.893 bits per heavy atom. The maximum Gasteiger partial charge on any atom is 0.324 e. The van der Waals surface area contributed by atoms with Crippen LogP contribution in [0.3, 0.4) is 0 Å². The van der Waals surface area contributed by atoms with Crippen molar-refractivity contribution < 1.29 is 27.5 Å². The Morgan fingerprint density at radius 2 is 1.36 bits per heavy atom. The van der Waals surface area contributed by atoms with Crippen LogP contribution >= 0.6 is 10.7 Å². The molecule has 0 saturated heterocycles. The first-order chi connectivity index (χ1) is 13.3. The largest absolute Gasteiger partial charge is 0.461 e. The molecule has 2 unspecified atom stereocenters. The molecule has 0 aliphatic heterocycles. The lowest BCUT2D eigenvalue weighted by molar-refractivity contribution is -0.147. The molecule has 0 spiro atoms. The van der Waals surface area contributed by atoms with Crippen molar-refractivity contribution in [3.05, 3.63) is 71.8 Å². The topological polar surface area (TPSA) is 113 Å². The molecule has 0 aliphatic rings. The molecule has 2 rings (SSSR count). The molecule has 0 saturated carbocycles. The molecule has 9 heteroatoms. The highest BCUT2D eigenvalue weighted by atomic mass is 35.7. The number of carbonyl (C=O) groups excluding carboxylic acids is 2. The van der Waals surface area contributed by atoms with Crippen LogP contribution < -0.4 is 5.73 Å². The van der Waals surface area contributed by atoms with E-state index in [2.05, 4.69) is 0 Å². The van der Waals surface area contributed by atoms with Gasteiger partial charge in [0.2, 0.25) is 9.05 Å². The maximum absolute atomic E-state index is 12.1. The van der Waals surface area contributed by atoms with Crippen LogP contribution in [0.1, 0.15) is 17.5 Å². The Bertz CT molecular complexity index is 889. The van der Waals surface area contributed by atoms with E-state index in [4.69, 9.17) is 25.9 Å². The molecule has 0 heterocycles. The molecule has 2 atom stereocenters. The van der Waals surface area contributed by atoms with Gasteiger partial charge < -0.3 is 15.2 Å². The van der Waals surface area contributed by atoms with Crippen molar-refractivity contribution in [2.24, 2.45) is 5.73 Å². The molecule has 0 aliphatic carbocycles. The Labute approximate surface area is 167 Å². The zero-order valence-electron chi connectivity index (χ0n) is 14.9. The third-order valence-corrected chi connectivity index (χ3v) is 5.74. The Hall–Kier alpha value is -2.42. The molecule has 28 heavy (non-hydrogen) atoms. The van der Waals surface area contributed by atoms with E-state index in [9.17, 15) is 18.0 Å². The van der Waals surface area contributed by atoms with Gasteiger partial charge in [0.15, 0.2) is 0 Å². The summed E-state index contributed by atoms with van der Waals surface area (Å²) in [5, 5.41) is -1.67. The standard InChI is InChI=1S/C19H20ClNO6S/c20-28(24,25)16(11-17(22)26-12-14-7-3-1-4-8-14)18(21)19(23)27-13-15-9-5-2-6-10-15/h1-10,16,18H,11-13,21H2. The van der Waals surface area contributed by atoms with E-state index in [0.717, 1.165) is 5.56 Å². The highest BCUT2D eigenvalue weighted by Crippen LogP contribution is 2.17. The predicted molar refractivity (Wildman–Crippen MR) is 104 cm³/mol. The second kappa shape index (κ2) is 10.2. The van der Waals surface area contributed by atoms with Gasteiger partial charge in [-0.05, 0) is 11.1 Å². The van der Waals surface area contributed by atoms with Crippen molar-refractivity contribution in [1.29, 1.82) is 0 Å². The molecule has 2 aromatic carbocycles. The average Bonchev–Trinajstić information content (AvgIpc) is 2.69. The fourth-order valence-electron chi connectivity index (χ4n) is 2.34. The summed E-state index contributed by atoms with van der Waals surface area (Å²) in [6.07, 6.45) is -0.666. The zero-order chi connectivity index (χ0) is 20.6. The van der Waals surface area contributed by atoms with Gasteiger partial charge in [-0.1, -0.05) is 60.7 Å². The number of carbonyl (C=O) groups is 2. The summed E-state index contributed by atoms with van der Waals surface area (Å²) in [6.45, 7) is -0.122. The smallest absolute Gasteiger partial charge is 0.324 e. The normalized spacial score (nSPS) is 13.4.